The van der Waals surface area contributed by atoms with Crippen molar-refractivity contribution in [1.82, 2.24) is 0 Å². The maximum atomic E-state index is 11.4. The van der Waals surface area contributed by atoms with Gasteiger partial charge in [0.25, 0.3) is 0 Å². The van der Waals surface area contributed by atoms with Gasteiger partial charge in [0, 0.05) is 6.42 Å². The average Bonchev–Trinajstić information content (AvgIpc) is 2.54. The summed E-state index contributed by atoms with van der Waals surface area (Å²) >= 11 is 0. The highest BCUT2D eigenvalue weighted by atomic mass is 16.5. The fraction of sp³-hybridized carbons (Fsp3) is 0.278. The van der Waals surface area contributed by atoms with Crippen molar-refractivity contribution >= 4 is 5.97 Å². The standard InChI is InChI=1S/C18H20O4/c1-2-21-16-11-7-6-10-15(16)12-17(18(19)20)22-13-14-8-4-3-5-9-14/h3-11,17H,2,12-13H2,1H3,(H,19,20). The van der Waals surface area contributed by atoms with E-state index in [1.54, 1.807) is 0 Å². The first-order valence-corrected chi connectivity index (χ1v) is 7.29. The molecule has 0 saturated heterocycles. The summed E-state index contributed by atoms with van der Waals surface area (Å²) in [5.41, 5.74) is 1.79. The van der Waals surface area contributed by atoms with Gasteiger partial charge in [0.2, 0.25) is 0 Å². The second-order valence-corrected chi connectivity index (χ2v) is 4.87. The molecule has 1 N–H and O–H groups in total. The van der Waals surface area contributed by atoms with Gasteiger partial charge in [-0.15, -0.1) is 0 Å². The predicted octanol–water partition coefficient (Wildman–Crippen LogP) is 3.30. The lowest BCUT2D eigenvalue weighted by Crippen LogP contribution is -2.26. The van der Waals surface area contributed by atoms with Gasteiger partial charge in [0.05, 0.1) is 13.2 Å². The van der Waals surface area contributed by atoms with Crippen molar-refractivity contribution < 1.29 is 19.4 Å². The first kappa shape index (κ1) is 16.0. The van der Waals surface area contributed by atoms with Gasteiger partial charge >= 0.3 is 5.97 Å². The van der Waals surface area contributed by atoms with E-state index in [4.69, 9.17) is 9.47 Å². The van der Waals surface area contributed by atoms with E-state index in [1.807, 2.05) is 61.5 Å². The molecule has 0 spiro atoms. The SMILES string of the molecule is CCOc1ccccc1CC(OCc1ccccc1)C(=O)O. The zero-order valence-electron chi connectivity index (χ0n) is 12.6. The van der Waals surface area contributed by atoms with Gasteiger partial charge < -0.3 is 14.6 Å². The summed E-state index contributed by atoms with van der Waals surface area (Å²) in [5.74, 6) is -0.262. The van der Waals surface area contributed by atoms with Gasteiger partial charge in [-0.1, -0.05) is 48.5 Å². The maximum Gasteiger partial charge on any atom is 0.333 e. The van der Waals surface area contributed by atoms with Crippen LogP contribution in [-0.2, 0) is 22.6 Å². The second-order valence-electron chi connectivity index (χ2n) is 4.87. The molecule has 0 aliphatic heterocycles. The molecule has 2 aromatic rings. The van der Waals surface area contributed by atoms with E-state index in [0.29, 0.717) is 12.4 Å². The molecule has 0 saturated carbocycles. The summed E-state index contributed by atoms with van der Waals surface area (Å²) in [4.78, 5) is 11.4. The smallest absolute Gasteiger partial charge is 0.333 e. The first-order chi connectivity index (χ1) is 10.7. The fourth-order valence-electron chi connectivity index (χ4n) is 2.16. The Kier molecular flexibility index (Phi) is 5.98. The number of rotatable bonds is 8. The molecule has 1 unspecified atom stereocenters. The summed E-state index contributed by atoms with van der Waals surface area (Å²) in [6.45, 7) is 2.71. The van der Waals surface area contributed by atoms with Crippen molar-refractivity contribution in [3.05, 3.63) is 65.7 Å². The van der Waals surface area contributed by atoms with Crippen LogP contribution in [0.4, 0.5) is 0 Å². The van der Waals surface area contributed by atoms with Crippen LogP contribution in [0.15, 0.2) is 54.6 Å². The fourth-order valence-corrected chi connectivity index (χ4v) is 2.16. The summed E-state index contributed by atoms with van der Waals surface area (Å²) in [5, 5.41) is 9.37. The number of para-hydroxylation sites is 1. The lowest BCUT2D eigenvalue weighted by molar-refractivity contribution is -0.151. The third kappa shape index (κ3) is 4.60. The number of carboxylic acids is 1. The Bertz CT molecular complexity index is 595. The van der Waals surface area contributed by atoms with Crippen molar-refractivity contribution in [2.24, 2.45) is 0 Å². The predicted molar refractivity (Wildman–Crippen MR) is 84.0 cm³/mol. The Balaban J connectivity index is 2.04. The Morgan fingerprint density at radius 3 is 2.45 bits per heavy atom. The number of benzene rings is 2. The molecule has 0 aliphatic rings. The normalized spacial score (nSPS) is 11.9. The molecular formula is C18H20O4. The van der Waals surface area contributed by atoms with E-state index in [-0.39, 0.29) is 13.0 Å². The van der Waals surface area contributed by atoms with E-state index in [9.17, 15) is 9.90 Å². The Labute approximate surface area is 130 Å². The number of carbonyl (C=O) groups is 1. The minimum atomic E-state index is -0.970. The van der Waals surface area contributed by atoms with Crippen LogP contribution >= 0.6 is 0 Å². The molecule has 0 bridgehead atoms. The van der Waals surface area contributed by atoms with Crippen LogP contribution in [0.25, 0.3) is 0 Å². The summed E-state index contributed by atoms with van der Waals surface area (Å²) < 4.78 is 11.1. The molecular weight excluding hydrogens is 280 g/mol. The number of hydrogen-bond acceptors (Lipinski definition) is 3. The number of aliphatic carboxylic acids is 1. The molecule has 4 nitrogen and oxygen atoms in total. The summed E-state index contributed by atoms with van der Waals surface area (Å²) in [6, 6.07) is 17.0. The van der Waals surface area contributed by atoms with E-state index in [2.05, 4.69) is 0 Å². The molecule has 1 atom stereocenters. The number of ether oxygens (including phenoxy) is 2. The largest absolute Gasteiger partial charge is 0.494 e. The molecule has 0 aromatic heterocycles. The van der Waals surface area contributed by atoms with Crippen LogP contribution in [0.5, 0.6) is 5.75 Å². The minimum Gasteiger partial charge on any atom is -0.494 e. The van der Waals surface area contributed by atoms with Gasteiger partial charge in [-0.3, -0.25) is 0 Å². The monoisotopic (exact) mass is 300 g/mol. The van der Waals surface area contributed by atoms with Crippen molar-refractivity contribution in [1.29, 1.82) is 0 Å². The van der Waals surface area contributed by atoms with Crippen LogP contribution in [-0.4, -0.2) is 23.8 Å². The van der Waals surface area contributed by atoms with Crippen LogP contribution < -0.4 is 4.74 Å². The van der Waals surface area contributed by atoms with Gasteiger partial charge in [0.1, 0.15) is 5.75 Å². The molecule has 0 fully saturated rings. The molecule has 2 rings (SSSR count). The summed E-state index contributed by atoms with van der Waals surface area (Å²) in [6.07, 6.45) is -0.625. The minimum absolute atomic E-state index is 0.272. The van der Waals surface area contributed by atoms with Crippen molar-refractivity contribution in [2.45, 2.75) is 26.1 Å². The number of carboxylic acid groups (broad SMARTS) is 1. The Morgan fingerprint density at radius 1 is 1.09 bits per heavy atom. The quantitative estimate of drug-likeness (QED) is 0.812. The van der Waals surface area contributed by atoms with Crippen molar-refractivity contribution in [3.8, 4) is 5.75 Å². The van der Waals surface area contributed by atoms with E-state index >= 15 is 0 Å². The van der Waals surface area contributed by atoms with Crippen LogP contribution in [0.3, 0.4) is 0 Å². The average molecular weight is 300 g/mol. The molecule has 0 heterocycles. The summed E-state index contributed by atoms with van der Waals surface area (Å²) in [7, 11) is 0. The first-order valence-electron chi connectivity index (χ1n) is 7.29. The molecule has 116 valence electrons. The molecule has 0 aliphatic carbocycles. The van der Waals surface area contributed by atoms with Gasteiger partial charge in [-0.2, -0.15) is 0 Å². The Hall–Kier alpha value is -2.33. The molecule has 22 heavy (non-hydrogen) atoms. The number of hydrogen-bond donors (Lipinski definition) is 1. The molecule has 4 heteroatoms. The van der Waals surface area contributed by atoms with E-state index in [1.165, 1.54) is 0 Å². The zero-order chi connectivity index (χ0) is 15.8. The van der Waals surface area contributed by atoms with Gasteiger partial charge in [0.15, 0.2) is 6.10 Å². The van der Waals surface area contributed by atoms with E-state index < -0.39 is 12.1 Å². The highest BCUT2D eigenvalue weighted by Gasteiger charge is 2.20. The molecule has 0 amide bonds. The second kappa shape index (κ2) is 8.20. The third-order valence-electron chi connectivity index (χ3n) is 3.25. The van der Waals surface area contributed by atoms with Crippen LogP contribution in [0, 0.1) is 0 Å². The van der Waals surface area contributed by atoms with Crippen LogP contribution in [0.1, 0.15) is 18.1 Å². The Morgan fingerprint density at radius 2 is 1.77 bits per heavy atom. The topological polar surface area (TPSA) is 55.8 Å². The van der Waals surface area contributed by atoms with Crippen molar-refractivity contribution in [2.75, 3.05) is 6.61 Å². The lowest BCUT2D eigenvalue weighted by atomic mass is 10.1. The highest BCUT2D eigenvalue weighted by Crippen LogP contribution is 2.21. The van der Waals surface area contributed by atoms with Gasteiger partial charge in [-0.25, -0.2) is 4.79 Å². The highest BCUT2D eigenvalue weighted by molar-refractivity contribution is 5.73. The van der Waals surface area contributed by atoms with Crippen LogP contribution in [0.2, 0.25) is 0 Å². The lowest BCUT2D eigenvalue weighted by Gasteiger charge is -2.16. The third-order valence-corrected chi connectivity index (χ3v) is 3.25. The van der Waals surface area contributed by atoms with Gasteiger partial charge in [-0.05, 0) is 24.1 Å². The molecule has 0 radical (unpaired) electrons. The molecule has 2 aromatic carbocycles. The maximum absolute atomic E-state index is 11.4. The van der Waals surface area contributed by atoms with E-state index in [0.717, 1.165) is 11.1 Å². The van der Waals surface area contributed by atoms with Crippen molar-refractivity contribution in [3.63, 3.8) is 0 Å². The zero-order valence-corrected chi connectivity index (χ0v) is 12.6.